The molecule has 0 aromatic rings. The van der Waals surface area contributed by atoms with Crippen LogP contribution in [-0.2, 0) is 19.2 Å². The molecule has 35 heavy (non-hydrogen) atoms. The third-order valence-electron chi connectivity index (χ3n) is 6.60. The van der Waals surface area contributed by atoms with Crippen LogP contribution in [0.5, 0.6) is 0 Å². The van der Waals surface area contributed by atoms with Gasteiger partial charge in [-0.3, -0.25) is 19.2 Å². The Labute approximate surface area is 220 Å². The van der Waals surface area contributed by atoms with Crippen LogP contribution >= 0.6 is 0 Å². The number of piperidine rings is 1. The van der Waals surface area contributed by atoms with E-state index in [-0.39, 0.29) is 0 Å². The normalized spacial score (nSPS) is 39.9. The molecule has 3 rings (SSSR count). The van der Waals surface area contributed by atoms with Gasteiger partial charge < -0.3 is 20.9 Å². The predicted octanol–water partition coefficient (Wildman–Crippen LogP) is 1.10. The second-order valence-electron chi connectivity index (χ2n) is 9.27. The summed E-state index contributed by atoms with van der Waals surface area (Å²) in [6, 6.07) is -6.86. The number of nitrogens with one attached hydrogen (secondary N) is 3. The number of hydrogen-bond donors (Lipinski definition) is 3. The van der Waals surface area contributed by atoms with E-state index < -0.39 is 123 Å². The minimum Gasteiger partial charge on any atom is -0.356 e. The SMILES string of the molecule is [2H]C1([2H])C[C@@]([2H])(C[C@@]([2H])(C#N)NC(=O)[C@@H]2[C@@H]3[C@H](CN2C(=O)C(NC(=O)C(F)(F)F)C(C([2H])([2H])[2H])(C([2H])([2H])[2H])C([2H])([2H])[2H])C3(C)C)C(=O)N1. The third kappa shape index (κ3) is 5.23. The van der Waals surface area contributed by atoms with Crippen molar-refractivity contribution in [2.24, 2.45) is 28.6 Å². The van der Waals surface area contributed by atoms with Crippen molar-refractivity contribution in [3.8, 4) is 6.07 Å². The zero-order chi connectivity index (χ0) is 37.6. The summed E-state index contributed by atoms with van der Waals surface area (Å²) in [6.07, 6.45) is -7.83. The number of amides is 4. The first-order valence-electron chi connectivity index (χ1n) is 16.9. The Hall–Kier alpha value is -2.84. The minimum atomic E-state index is -5.87. The summed E-state index contributed by atoms with van der Waals surface area (Å²) < 4.78 is 144. The highest BCUT2D eigenvalue weighted by Crippen LogP contribution is 2.65. The fourth-order valence-electron chi connectivity index (χ4n) is 4.64. The maximum Gasteiger partial charge on any atom is 0.471 e. The highest BCUT2D eigenvalue weighted by Gasteiger charge is 2.70. The standard InChI is InChI=1S/C23H32F3N5O4/c1-21(2,3)16(30-20(35)23(24,25)26)19(34)31-10-13-14(22(13,4)5)15(31)18(33)29-12(9-27)8-11-6-7-28-17(11)32/h11-16H,6-8,10H2,1-5H3,(H,28,32)(H,29,33)(H,30,35)/t11-,12-,13-,14-,15-,16?/m0/s1/i1D3,2D3,3D3,7D2,11D,12D. The minimum absolute atomic E-state index is 0.393. The fourth-order valence-corrected chi connectivity index (χ4v) is 4.64. The highest BCUT2D eigenvalue weighted by molar-refractivity contribution is 5.95. The van der Waals surface area contributed by atoms with Crippen molar-refractivity contribution in [1.29, 1.82) is 5.26 Å². The monoisotopic (exact) mass is 512 g/mol. The van der Waals surface area contributed by atoms with E-state index in [1.165, 1.54) is 6.07 Å². The Balaban J connectivity index is 2.14. The van der Waals surface area contributed by atoms with Crippen LogP contribution in [0.15, 0.2) is 0 Å². The number of nitriles is 1. The average molecular weight is 513 g/mol. The van der Waals surface area contributed by atoms with Crippen LogP contribution in [0.4, 0.5) is 13.2 Å². The van der Waals surface area contributed by atoms with Crippen molar-refractivity contribution in [2.75, 3.05) is 13.0 Å². The van der Waals surface area contributed by atoms with E-state index >= 15 is 0 Å². The molecule has 0 bridgehead atoms. The summed E-state index contributed by atoms with van der Waals surface area (Å²) in [7, 11) is 0. The van der Waals surface area contributed by atoms with Crippen molar-refractivity contribution in [1.82, 2.24) is 20.9 Å². The van der Waals surface area contributed by atoms with Crippen molar-refractivity contribution >= 4 is 23.6 Å². The zero-order valence-corrected chi connectivity index (χ0v) is 18.6. The lowest BCUT2D eigenvalue weighted by Crippen LogP contribution is -2.61. The van der Waals surface area contributed by atoms with Gasteiger partial charge in [0, 0.05) is 35.4 Å². The molecule has 3 fully saturated rings. The van der Waals surface area contributed by atoms with E-state index in [4.69, 9.17) is 17.8 Å². The molecule has 1 aliphatic carbocycles. The Morgan fingerprint density at radius 1 is 1.37 bits per heavy atom. The first kappa shape index (κ1) is 14.0. The number of carbonyl (C=O) groups is 4. The van der Waals surface area contributed by atoms with Gasteiger partial charge in [0.25, 0.3) is 0 Å². The van der Waals surface area contributed by atoms with Crippen molar-refractivity contribution in [3.05, 3.63) is 0 Å². The number of alkyl halides is 3. The van der Waals surface area contributed by atoms with Gasteiger partial charge in [0.1, 0.15) is 18.1 Å². The molecule has 3 N–H and O–H groups in total. The topological polar surface area (TPSA) is 131 Å². The number of fused-ring (bicyclic) bond motifs is 1. The molecule has 6 atom stereocenters. The lowest BCUT2D eigenvalue weighted by atomic mass is 9.85. The van der Waals surface area contributed by atoms with Gasteiger partial charge in [-0.15, -0.1) is 0 Å². The molecule has 4 amide bonds. The van der Waals surface area contributed by atoms with Crippen LogP contribution in [0.2, 0.25) is 0 Å². The van der Waals surface area contributed by atoms with Crippen LogP contribution in [0.1, 0.15) is 65.1 Å². The molecule has 3 aliphatic rings. The van der Waals surface area contributed by atoms with E-state index in [0.717, 1.165) is 5.32 Å². The van der Waals surface area contributed by atoms with Gasteiger partial charge in [-0.1, -0.05) is 34.4 Å². The Morgan fingerprint density at radius 3 is 2.54 bits per heavy atom. The maximum atomic E-state index is 14.1. The number of halogens is 3. The van der Waals surface area contributed by atoms with E-state index in [2.05, 4.69) is 0 Å². The molecule has 1 unspecified atom stereocenters. The number of nitrogens with zero attached hydrogens (tertiary/aromatic N) is 2. The third-order valence-corrected chi connectivity index (χ3v) is 6.60. The van der Waals surface area contributed by atoms with Gasteiger partial charge in [-0.25, -0.2) is 0 Å². The lowest BCUT2D eigenvalue weighted by Gasteiger charge is -2.37. The number of likely N-dealkylation sites (tertiary alicyclic amines) is 1. The molecule has 2 saturated heterocycles. The molecule has 194 valence electrons. The number of hydrogen-bond acceptors (Lipinski definition) is 5. The first-order valence-corrected chi connectivity index (χ1v) is 10.4. The number of rotatable bonds is 6. The van der Waals surface area contributed by atoms with Crippen molar-refractivity contribution < 1.29 is 50.2 Å². The van der Waals surface area contributed by atoms with Gasteiger partial charge in [0.2, 0.25) is 17.7 Å². The van der Waals surface area contributed by atoms with Gasteiger partial charge in [0.15, 0.2) is 0 Å². The second kappa shape index (κ2) is 8.99. The summed E-state index contributed by atoms with van der Waals surface area (Å²) in [6.45, 7) is -12.7. The summed E-state index contributed by atoms with van der Waals surface area (Å²) >= 11 is 0. The summed E-state index contributed by atoms with van der Waals surface area (Å²) in [5, 5.41) is 14.6. The Kier molecular flexibility index (Phi) is 3.60. The zero-order valence-electron chi connectivity index (χ0n) is 31.6. The van der Waals surface area contributed by atoms with Crippen LogP contribution in [-0.4, -0.2) is 65.8 Å². The van der Waals surface area contributed by atoms with Gasteiger partial charge in [-0.05, 0) is 35.5 Å². The fraction of sp³-hybridized carbons (Fsp3) is 0.783. The van der Waals surface area contributed by atoms with Gasteiger partial charge in [0.05, 0.1) is 7.44 Å². The molecule has 2 heterocycles. The van der Waals surface area contributed by atoms with Gasteiger partial charge in [-0.2, -0.15) is 18.4 Å². The second-order valence-corrected chi connectivity index (χ2v) is 9.27. The number of carbonyl (C=O) groups excluding carboxylic acids is 4. The summed E-state index contributed by atoms with van der Waals surface area (Å²) in [5.41, 5.74) is -5.19. The quantitative estimate of drug-likeness (QED) is 0.491. The molecular weight excluding hydrogens is 467 g/mol. The molecule has 0 aromatic heterocycles. The Bertz CT molecular complexity index is 1390. The Morgan fingerprint density at radius 2 is 2.03 bits per heavy atom. The predicted molar refractivity (Wildman–Crippen MR) is 117 cm³/mol. The molecule has 12 heteroatoms. The van der Waals surface area contributed by atoms with E-state index in [1.807, 2.05) is 10.6 Å². The molecule has 0 radical (unpaired) electrons. The maximum absolute atomic E-state index is 14.1. The molecule has 2 aliphatic heterocycles. The van der Waals surface area contributed by atoms with E-state index in [1.54, 1.807) is 13.8 Å². The van der Waals surface area contributed by atoms with Crippen LogP contribution in [0.3, 0.4) is 0 Å². The average Bonchev–Trinajstić information content (AvgIpc) is 3.11. The molecule has 0 aromatic carbocycles. The first-order chi connectivity index (χ1) is 21.1. The summed E-state index contributed by atoms with van der Waals surface area (Å²) in [5.74, 6) is -11.7. The molecular formula is C23H32F3N5O4. The van der Waals surface area contributed by atoms with Crippen LogP contribution in [0.25, 0.3) is 0 Å². The van der Waals surface area contributed by atoms with Crippen molar-refractivity contribution in [3.63, 3.8) is 0 Å². The largest absolute Gasteiger partial charge is 0.471 e. The molecule has 1 saturated carbocycles. The summed E-state index contributed by atoms with van der Waals surface area (Å²) in [4.78, 5) is 52.8. The smallest absolute Gasteiger partial charge is 0.356 e. The molecule has 9 nitrogen and oxygen atoms in total. The lowest BCUT2D eigenvalue weighted by molar-refractivity contribution is -0.176. The highest BCUT2D eigenvalue weighted by atomic mass is 19.4. The van der Waals surface area contributed by atoms with Crippen LogP contribution < -0.4 is 16.0 Å². The van der Waals surface area contributed by atoms with Gasteiger partial charge >= 0.3 is 12.1 Å². The molecule has 0 spiro atoms. The van der Waals surface area contributed by atoms with Crippen LogP contribution in [0, 0.1) is 39.9 Å². The van der Waals surface area contributed by atoms with E-state index in [9.17, 15) is 37.6 Å². The van der Waals surface area contributed by atoms with E-state index in [0.29, 0.717) is 4.90 Å². The van der Waals surface area contributed by atoms with Crippen molar-refractivity contribution in [2.45, 2.75) is 71.5 Å².